The van der Waals surface area contributed by atoms with Crippen LogP contribution >= 0.6 is 0 Å². The van der Waals surface area contributed by atoms with E-state index in [9.17, 15) is 8.42 Å². The van der Waals surface area contributed by atoms with Gasteiger partial charge in [0.05, 0.1) is 11.4 Å². The summed E-state index contributed by atoms with van der Waals surface area (Å²) >= 11 is 0. The average molecular weight is 293 g/mol. The fourth-order valence-electron chi connectivity index (χ4n) is 1.79. The first-order valence-corrected chi connectivity index (χ1v) is 8.43. The molecule has 0 fully saturated rings. The van der Waals surface area contributed by atoms with Crippen LogP contribution in [0.4, 0.5) is 0 Å². The van der Waals surface area contributed by atoms with Gasteiger partial charge in [0.2, 0.25) is 0 Å². The highest BCUT2D eigenvalue weighted by Crippen LogP contribution is 2.08. The molecule has 0 aliphatic carbocycles. The molecule has 1 heterocycles. The highest BCUT2D eigenvalue weighted by molar-refractivity contribution is 7.91. The third kappa shape index (κ3) is 4.18. The van der Waals surface area contributed by atoms with Gasteiger partial charge >= 0.3 is 0 Å². The number of benzene rings is 1. The van der Waals surface area contributed by atoms with Crippen molar-refractivity contribution in [2.24, 2.45) is 0 Å². The number of nitrogens with one attached hydrogen (secondary N) is 1. The van der Waals surface area contributed by atoms with Crippen molar-refractivity contribution in [3.63, 3.8) is 0 Å². The number of rotatable bonds is 7. The van der Waals surface area contributed by atoms with Gasteiger partial charge in [0, 0.05) is 31.2 Å². The first kappa shape index (κ1) is 14.7. The molecule has 0 saturated heterocycles. The van der Waals surface area contributed by atoms with Crippen LogP contribution in [0.15, 0.2) is 42.7 Å². The maximum absolute atomic E-state index is 11.3. The van der Waals surface area contributed by atoms with Gasteiger partial charge in [0.15, 0.2) is 9.84 Å². The summed E-state index contributed by atoms with van der Waals surface area (Å²) in [6, 6.07) is 9.89. The van der Waals surface area contributed by atoms with E-state index < -0.39 is 9.84 Å². The van der Waals surface area contributed by atoms with Crippen LogP contribution < -0.4 is 5.32 Å². The number of aromatic nitrogens is 2. The van der Waals surface area contributed by atoms with Crippen LogP contribution in [-0.2, 0) is 16.4 Å². The van der Waals surface area contributed by atoms with Gasteiger partial charge < -0.3 is 5.32 Å². The summed E-state index contributed by atoms with van der Waals surface area (Å²) in [4.78, 5) is 0. The quantitative estimate of drug-likeness (QED) is 0.784. The number of hydrogen-bond acceptors (Lipinski definition) is 4. The molecule has 2 rings (SSSR count). The Labute approximate surface area is 119 Å². The summed E-state index contributed by atoms with van der Waals surface area (Å²) in [5.41, 5.74) is 2.13. The molecule has 0 unspecified atom stereocenters. The molecule has 5 nitrogen and oxygen atoms in total. The monoisotopic (exact) mass is 293 g/mol. The largest absolute Gasteiger partial charge is 0.312 e. The Balaban J connectivity index is 1.83. The molecule has 0 aliphatic rings. The number of sulfone groups is 1. The summed E-state index contributed by atoms with van der Waals surface area (Å²) in [6.07, 6.45) is 3.63. The molecule has 0 atom stereocenters. The van der Waals surface area contributed by atoms with Gasteiger partial charge in [-0.2, -0.15) is 5.10 Å². The summed E-state index contributed by atoms with van der Waals surface area (Å²) in [6.45, 7) is 2.82. The lowest BCUT2D eigenvalue weighted by atomic mass is 10.2. The van der Waals surface area contributed by atoms with Crippen LogP contribution in [0.2, 0.25) is 0 Å². The van der Waals surface area contributed by atoms with E-state index in [1.54, 1.807) is 17.8 Å². The molecule has 0 bridgehead atoms. The minimum atomic E-state index is -2.88. The minimum absolute atomic E-state index is 0.189. The van der Waals surface area contributed by atoms with Gasteiger partial charge in [-0.05, 0) is 23.8 Å². The van der Waals surface area contributed by atoms with E-state index in [1.165, 1.54) is 0 Å². The fraction of sp³-hybridized carbons (Fsp3) is 0.357. The van der Waals surface area contributed by atoms with Crippen molar-refractivity contribution in [1.29, 1.82) is 0 Å². The van der Waals surface area contributed by atoms with Crippen molar-refractivity contribution in [3.8, 4) is 5.69 Å². The van der Waals surface area contributed by atoms with Gasteiger partial charge in [0.25, 0.3) is 0 Å². The first-order valence-electron chi connectivity index (χ1n) is 6.61. The van der Waals surface area contributed by atoms with Crippen LogP contribution in [0.3, 0.4) is 0 Å². The summed E-state index contributed by atoms with van der Waals surface area (Å²) in [5.74, 6) is 0.391. The summed E-state index contributed by atoms with van der Waals surface area (Å²) in [7, 11) is -2.88. The normalized spacial score (nSPS) is 11.7. The molecule has 2 aromatic rings. The van der Waals surface area contributed by atoms with Crippen molar-refractivity contribution in [2.45, 2.75) is 13.5 Å². The van der Waals surface area contributed by atoms with E-state index in [0.29, 0.717) is 13.1 Å². The number of nitrogens with zero attached hydrogens (tertiary/aromatic N) is 2. The average Bonchev–Trinajstić information content (AvgIpc) is 2.98. The SMILES string of the molecule is CCS(=O)(=O)CCNCc1ccc(-n2cccn2)cc1. The zero-order valence-corrected chi connectivity index (χ0v) is 12.3. The van der Waals surface area contributed by atoms with E-state index in [4.69, 9.17) is 0 Å². The van der Waals surface area contributed by atoms with Crippen molar-refractivity contribution < 1.29 is 8.42 Å². The molecular formula is C14H19N3O2S. The predicted octanol–water partition coefficient (Wildman–Crippen LogP) is 1.40. The molecule has 0 amide bonds. The molecule has 108 valence electrons. The fourth-order valence-corrected chi connectivity index (χ4v) is 2.54. The van der Waals surface area contributed by atoms with Gasteiger partial charge in [0.1, 0.15) is 0 Å². The second-order valence-electron chi connectivity index (χ2n) is 4.53. The van der Waals surface area contributed by atoms with E-state index in [2.05, 4.69) is 10.4 Å². The molecule has 0 saturated carbocycles. The Kier molecular flexibility index (Phi) is 4.92. The van der Waals surface area contributed by atoms with E-state index >= 15 is 0 Å². The Morgan fingerprint density at radius 2 is 2.00 bits per heavy atom. The van der Waals surface area contributed by atoms with Crippen LogP contribution in [0.1, 0.15) is 12.5 Å². The van der Waals surface area contributed by atoms with Crippen LogP contribution in [0, 0.1) is 0 Å². The lowest BCUT2D eigenvalue weighted by Gasteiger charge is -2.06. The summed E-state index contributed by atoms with van der Waals surface area (Å²) in [5, 5.41) is 7.31. The Hall–Kier alpha value is -1.66. The number of hydrogen-bond donors (Lipinski definition) is 1. The second kappa shape index (κ2) is 6.67. The Morgan fingerprint density at radius 1 is 1.25 bits per heavy atom. The van der Waals surface area contributed by atoms with Crippen LogP contribution in [-0.4, -0.2) is 36.2 Å². The third-order valence-electron chi connectivity index (χ3n) is 3.06. The Bertz CT molecular complexity index is 619. The zero-order valence-electron chi connectivity index (χ0n) is 11.5. The van der Waals surface area contributed by atoms with Gasteiger partial charge in [-0.25, -0.2) is 13.1 Å². The maximum Gasteiger partial charge on any atom is 0.151 e. The van der Waals surface area contributed by atoms with Crippen LogP contribution in [0.5, 0.6) is 0 Å². The molecule has 20 heavy (non-hydrogen) atoms. The van der Waals surface area contributed by atoms with Crippen molar-refractivity contribution in [2.75, 3.05) is 18.1 Å². The second-order valence-corrected chi connectivity index (χ2v) is 7.00. The summed E-state index contributed by atoms with van der Waals surface area (Å²) < 4.78 is 24.5. The maximum atomic E-state index is 11.3. The lowest BCUT2D eigenvalue weighted by Crippen LogP contribution is -2.23. The molecule has 1 N–H and O–H groups in total. The third-order valence-corrected chi connectivity index (χ3v) is 4.77. The Morgan fingerprint density at radius 3 is 2.60 bits per heavy atom. The zero-order chi connectivity index (χ0) is 14.4. The topological polar surface area (TPSA) is 64.0 Å². The van der Waals surface area contributed by atoms with Crippen molar-refractivity contribution >= 4 is 9.84 Å². The van der Waals surface area contributed by atoms with Crippen molar-refractivity contribution in [1.82, 2.24) is 15.1 Å². The van der Waals surface area contributed by atoms with Crippen molar-refractivity contribution in [3.05, 3.63) is 48.3 Å². The molecule has 0 spiro atoms. The molecule has 0 aliphatic heterocycles. The minimum Gasteiger partial charge on any atom is -0.312 e. The highest BCUT2D eigenvalue weighted by Gasteiger charge is 2.05. The molecule has 6 heteroatoms. The standard InChI is InChI=1S/C14H19N3O2S/c1-2-20(18,19)11-9-15-12-13-4-6-14(7-5-13)17-10-3-8-16-17/h3-8,10,15H,2,9,11-12H2,1H3. The van der Waals surface area contributed by atoms with E-state index in [-0.39, 0.29) is 11.5 Å². The van der Waals surface area contributed by atoms with Gasteiger partial charge in [-0.15, -0.1) is 0 Å². The molecular weight excluding hydrogens is 274 g/mol. The molecule has 1 aromatic heterocycles. The highest BCUT2D eigenvalue weighted by atomic mass is 32.2. The smallest absolute Gasteiger partial charge is 0.151 e. The lowest BCUT2D eigenvalue weighted by molar-refractivity contribution is 0.592. The molecule has 1 aromatic carbocycles. The van der Waals surface area contributed by atoms with Gasteiger partial charge in [-0.1, -0.05) is 19.1 Å². The van der Waals surface area contributed by atoms with E-state index in [1.807, 2.05) is 36.5 Å². The van der Waals surface area contributed by atoms with Crippen LogP contribution in [0.25, 0.3) is 5.69 Å². The predicted molar refractivity (Wildman–Crippen MR) is 79.6 cm³/mol. The first-order chi connectivity index (χ1) is 9.61. The van der Waals surface area contributed by atoms with E-state index in [0.717, 1.165) is 11.3 Å². The van der Waals surface area contributed by atoms with Gasteiger partial charge in [-0.3, -0.25) is 0 Å². The molecule has 0 radical (unpaired) electrons.